The Morgan fingerprint density at radius 2 is 2.07 bits per heavy atom. The maximum atomic E-state index is 12.5. The largest absolute Gasteiger partial charge is 0.441 e. The Labute approximate surface area is 177 Å². The molecule has 0 radical (unpaired) electrons. The van der Waals surface area contributed by atoms with Crippen molar-refractivity contribution in [3.63, 3.8) is 0 Å². The molecule has 0 bridgehead atoms. The van der Waals surface area contributed by atoms with E-state index in [9.17, 15) is 4.79 Å². The highest BCUT2D eigenvalue weighted by atomic mass is 35.5. The second-order valence-electron chi connectivity index (χ2n) is 6.73. The van der Waals surface area contributed by atoms with Crippen molar-refractivity contribution in [1.29, 1.82) is 0 Å². The fraction of sp³-hybridized carbons (Fsp3) is 0.474. The highest BCUT2D eigenvalue weighted by molar-refractivity contribution is 6.30. The van der Waals surface area contributed by atoms with E-state index in [0.717, 1.165) is 31.5 Å². The van der Waals surface area contributed by atoms with Crippen molar-refractivity contribution in [3.8, 4) is 11.3 Å². The first-order valence-corrected chi connectivity index (χ1v) is 9.14. The number of hydrogen-bond acceptors (Lipinski definition) is 4. The van der Waals surface area contributed by atoms with Gasteiger partial charge in [0.05, 0.1) is 6.20 Å². The predicted octanol–water partition coefficient (Wildman–Crippen LogP) is 4.36. The van der Waals surface area contributed by atoms with Crippen LogP contribution in [0.4, 0.5) is 0 Å². The van der Waals surface area contributed by atoms with Gasteiger partial charge in [0.1, 0.15) is 0 Å². The zero-order valence-corrected chi connectivity index (χ0v) is 17.7. The van der Waals surface area contributed by atoms with Crippen molar-refractivity contribution < 1.29 is 9.21 Å². The first-order valence-electron chi connectivity index (χ1n) is 8.77. The van der Waals surface area contributed by atoms with Gasteiger partial charge in [-0.3, -0.25) is 4.79 Å². The van der Waals surface area contributed by atoms with Gasteiger partial charge in [0.2, 0.25) is 5.91 Å². The number of hydrogen-bond donors (Lipinski definition) is 1. The van der Waals surface area contributed by atoms with Gasteiger partial charge in [-0.2, -0.15) is 0 Å². The lowest BCUT2D eigenvalue weighted by atomic mass is 9.92. The van der Waals surface area contributed by atoms with Crippen LogP contribution in [0, 0.1) is 5.92 Å². The first-order chi connectivity index (χ1) is 12.0. The summed E-state index contributed by atoms with van der Waals surface area (Å²) in [6, 6.07) is 7.53. The summed E-state index contributed by atoms with van der Waals surface area (Å²) >= 11 is 5.90. The standard InChI is InChI=1S/C19H24ClN3O2.2ClH/c1-13(21)15-3-2-10-23(12-15)19(24)9-8-18-22-11-17(25-18)14-4-6-16(20)7-5-14;;/h4-7,11,13,15H,2-3,8-10,12,21H2,1H3;2*1H. The lowest BCUT2D eigenvalue weighted by molar-refractivity contribution is -0.133. The molecule has 2 atom stereocenters. The lowest BCUT2D eigenvalue weighted by Gasteiger charge is -2.34. The van der Waals surface area contributed by atoms with Gasteiger partial charge in [-0.25, -0.2) is 4.98 Å². The van der Waals surface area contributed by atoms with Gasteiger partial charge in [-0.05, 0) is 49.9 Å². The molecule has 27 heavy (non-hydrogen) atoms. The number of oxazole rings is 1. The van der Waals surface area contributed by atoms with Crippen LogP contribution in [0.2, 0.25) is 5.02 Å². The summed E-state index contributed by atoms with van der Waals surface area (Å²) in [6.45, 7) is 3.60. The molecule has 0 aliphatic carbocycles. The highest BCUT2D eigenvalue weighted by Gasteiger charge is 2.25. The third-order valence-electron chi connectivity index (χ3n) is 4.79. The summed E-state index contributed by atoms with van der Waals surface area (Å²) in [4.78, 5) is 18.7. The Morgan fingerprint density at radius 1 is 1.37 bits per heavy atom. The predicted molar refractivity (Wildman–Crippen MR) is 113 cm³/mol. The van der Waals surface area contributed by atoms with E-state index in [2.05, 4.69) is 4.98 Å². The van der Waals surface area contributed by atoms with Crippen molar-refractivity contribution in [3.05, 3.63) is 41.4 Å². The van der Waals surface area contributed by atoms with Crippen LogP contribution in [0.15, 0.2) is 34.9 Å². The SMILES string of the molecule is CC(N)C1CCCN(C(=O)CCc2ncc(-c3ccc(Cl)cc3)o2)C1.Cl.Cl. The summed E-state index contributed by atoms with van der Waals surface area (Å²) in [7, 11) is 0. The number of aryl methyl sites for hydroxylation is 1. The van der Waals surface area contributed by atoms with Gasteiger partial charge in [0.25, 0.3) is 0 Å². The fourth-order valence-corrected chi connectivity index (χ4v) is 3.34. The second kappa shape index (κ2) is 10.9. The number of piperidine rings is 1. The smallest absolute Gasteiger partial charge is 0.223 e. The molecular weight excluding hydrogens is 409 g/mol. The molecule has 5 nitrogen and oxygen atoms in total. The number of halogens is 3. The molecule has 2 unspecified atom stereocenters. The van der Waals surface area contributed by atoms with E-state index in [1.165, 1.54) is 0 Å². The Balaban J connectivity index is 0.00000182. The van der Waals surface area contributed by atoms with E-state index in [4.69, 9.17) is 21.8 Å². The van der Waals surface area contributed by atoms with Crippen LogP contribution in [0.25, 0.3) is 11.3 Å². The molecule has 0 saturated carbocycles. The maximum Gasteiger partial charge on any atom is 0.223 e. The third-order valence-corrected chi connectivity index (χ3v) is 5.04. The number of aromatic nitrogens is 1. The van der Waals surface area contributed by atoms with E-state index < -0.39 is 0 Å². The summed E-state index contributed by atoms with van der Waals surface area (Å²) in [6.07, 6.45) is 4.73. The molecule has 1 aromatic carbocycles. The van der Waals surface area contributed by atoms with Gasteiger partial charge in [-0.1, -0.05) is 11.6 Å². The Morgan fingerprint density at radius 3 is 2.74 bits per heavy atom. The van der Waals surface area contributed by atoms with Crippen LogP contribution < -0.4 is 5.73 Å². The Hall–Kier alpha value is -1.27. The molecule has 3 rings (SSSR count). The third kappa shape index (κ3) is 6.39. The Kier molecular flexibility index (Phi) is 9.60. The molecule has 2 aromatic rings. The van der Waals surface area contributed by atoms with E-state index in [1.54, 1.807) is 6.20 Å². The number of rotatable bonds is 5. The summed E-state index contributed by atoms with van der Waals surface area (Å²) in [5.41, 5.74) is 6.91. The molecule has 1 aliphatic rings. The van der Waals surface area contributed by atoms with Gasteiger partial charge in [-0.15, -0.1) is 24.8 Å². The average molecular weight is 435 g/mol. The molecule has 2 N–H and O–H groups in total. The van der Waals surface area contributed by atoms with Crippen molar-refractivity contribution in [2.75, 3.05) is 13.1 Å². The van der Waals surface area contributed by atoms with Crippen molar-refractivity contribution in [2.45, 2.75) is 38.6 Å². The number of nitrogens with two attached hydrogens (primary N) is 1. The fourth-order valence-electron chi connectivity index (χ4n) is 3.21. The Bertz CT molecular complexity index is 719. The molecule has 1 fully saturated rings. The van der Waals surface area contributed by atoms with Crippen LogP contribution in [0.5, 0.6) is 0 Å². The number of likely N-dealkylation sites (tertiary alicyclic amines) is 1. The highest BCUT2D eigenvalue weighted by Crippen LogP contribution is 2.23. The minimum Gasteiger partial charge on any atom is -0.441 e. The molecule has 2 heterocycles. The number of nitrogens with zero attached hydrogens (tertiary/aromatic N) is 2. The van der Waals surface area contributed by atoms with Gasteiger partial charge >= 0.3 is 0 Å². The number of amides is 1. The minimum absolute atomic E-state index is 0. The van der Waals surface area contributed by atoms with Gasteiger partial charge in [0, 0.05) is 42.6 Å². The molecule has 1 amide bonds. The summed E-state index contributed by atoms with van der Waals surface area (Å²) in [5.74, 6) is 1.82. The van der Waals surface area contributed by atoms with Crippen LogP contribution in [-0.2, 0) is 11.2 Å². The maximum absolute atomic E-state index is 12.5. The number of benzene rings is 1. The first kappa shape index (κ1) is 23.8. The van der Waals surface area contributed by atoms with Crippen molar-refractivity contribution in [2.24, 2.45) is 11.7 Å². The van der Waals surface area contributed by atoms with E-state index in [0.29, 0.717) is 35.4 Å². The van der Waals surface area contributed by atoms with Gasteiger partial charge in [0.15, 0.2) is 11.7 Å². The van der Waals surface area contributed by atoms with Crippen molar-refractivity contribution in [1.82, 2.24) is 9.88 Å². The van der Waals surface area contributed by atoms with Crippen LogP contribution in [-0.4, -0.2) is 34.9 Å². The molecular formula is C19H26Cl3N3O2. The zero-order chi connectivity index (χ0) is 17.8. The minimum atomic E-state index is 0. The van der Waals surface area contributed by atoms with E-state index in [-0.39, 0.29) is 36.8 Å². The normalized spacial score (nSPS) is 17.6. The molecule has 1 aromatic heterocycles. The van der Waals surface area contributed by atoms with Crippen LogP contribution >= 0.6 is 36.4 Å². The van der Waals surface area contributed by atoms with Crippen molar-refractivity contribution >= 4 is 42.3 Å². The molecule has 8 heteroatoms. The van der Waals surface area contributed by atoms with Gasteiger partial charge < -0.3 is 15.1 Å². The quantitative estimate of drug-likeness (QED) is 0.759. The zero-order valence-electron chi connectivity index (χ0n) is 15.3. The molecule has 1 aliphatic heterocycles. The topological polar surface area (TPSA) is 72.4 Å². The summed E-state index contributed by atoms with van der Waals surface area (Å²) in [5, 5.41) is 0.681. The molecule has 1 saturated heterocycles. The second-order valence-corrected chi connectivity index (χ2v) is 7.16. The summed E-state index contributed by atoms with van der Waals surface area (Å²) < 4.78 is 5.76. The number of carbonyl (C=O) groups is 1. The monoisotopic (exact) mass is 433 g/mol. The average Bonchev–Trinajstić information content (AvgIpc) is 3.09. The number of carbonyl (C=O) groups excluding carboxylic acids is 1. The van der Waals surface area contributed by atoms with E-state index >= 15 is 0 Å². The van der Waals surface area contributed by atoms with E-state index in [1.807, 2.05) is 36.1 Å². The van der Waals surface area contributed by atoms with Crippen LogP contribution in [0.3, 0.4) is 0 Å². The van der Waals surface area contributed by atoms with Crippen LogP contribution in [0.1, 0.15) is 32.1 Å². The molecule has 150 valence electrons. The molecule has 0 spiro atoms. The lowest BCUT2D eigenvalue weighted by Crippen LogP contribution is -2.45.